The van der Waals surface area contributed by atoms with Crippen molar-refractivity contribution < 1.29 is 4.79 Å². The number of benzene rings is 1. The summed E-state index contributed by atoms with van der Waals surface area (Å²) in [5.41, 5.74) is 2.13. The Balaban J connectivity index is 2.83. The molecule has 0 heterocycles. The van der Waals surface area contributed by atoms with Crippen molar-refractivity contribution in [3.8, 4) is 0 Å². The topological polar surface area (TPSA) is 29.1 Å². The van der Waals surface area contributed by atoms with Gasteiger partial charge >= 0.3 is 0 Å². The maximum absolute atomic E-state index is 10.3. The first kappa shape index (κ1) is 8.78. The van der Waals surface area contributed by atoms with Crippen LogP contribution in [0.4, 0.5) is 5.69 Å². The molecule has 64 valence electrons. The lowest BCUT2D eigenvalue weighted by Crippen LogP contribution is -2.00. The highest BCUT2D eigenvalue weighted by Gasteiger charge is 1.97. The van der Waals surface area contributed by atoms with E-state index < -0.39 is 0 Å². The molecule has 0 bridgehead atoms. The average Bonchev–Trinajstić information content (AvgIpc) is 2.09. The van der Waals surface area contributed by atoms with Crippen LogP contribution in [0.2, 0.25) is 0 Å². The molecule has 0 fully saturated rings. The summed E-state index contributed by atoms with van der Waals surface area (Å²) in [5, 5.41) is 3.20. The quantitative estimate of drug-likeness (QED) is 0.686. The van der Waals surface area contributed by atoms with E-state index in [9.17, 15) is 4.79 Å². The van der Waals surface area contributed by atoms with Gasteiger partial charge in [-0.1, -0.05) is 18.2 Å². The van der Waals surface area contributed by atoms with E-state index in [2.05, 4.69) is 5.32 Å². The van der Waals surface area contributed by atoms with Crippen LogP contribution >= 0.6 is 0 Å². The number of hydrogen-bond donors (Lipinski definition) is 1. The van der Waals surface area contributed by atoms with Gasteiger partial charge in [-0.15, -0.1) is 0 Å². The second kappa shape index (κ2) is 4.54. The molecule has 1 aromatic rings. The molecule has 0 saturated carbocycles. The van der Waals surface area contributed by atoms with E-state index in [-0.39, 0.29) is 0 Å². The van der Waals surface area contributed by atoms with Gasteiger partial charge < -0.3 is 10.1 Å². The van der Waals surface area contributed by atoms with Crippen molar-refractivity contribution in [2.24, 2.45) is 0 Å². The summed E-state index contributed by atoms with van der Waals surface area (Å²) in [7, 11) is 0. The fourth-order valence-electron chi connectivity index (χ4n) is 1.15. The molecule has 0 aromatic heterocycles. The zero-order valence-corrected chi connectivity index (χ0v) is 7.21. The van der Waals surface area contributed by atoms with E-state index in [1.807, 2.05) is 31.2 Å². The van der Waals surface area contributed by atoms with Crippen LogP contribution in [0.5, 0.6) is 0 Å². The maximum Gasteiger partial charge on any atom is 0.124 e. The Morgan fingerprint density at radius 3 is 2.83 bits per heavy atom. The lowest BCUT2D eigenvalue weighted by molar-refractivity contribution is -0.107. The van der Waals surface area contributed by atoms with Gasteiger partial charge in [0.2, 0.25) is 0 Å². The molecule has 2 nitrogen and oxygen atoms in total. The Kier molecular flexibility index (Phi) is 3.33. The van der Waals surface area contributed by atoms with E-state index >= 15 is 0 Å². The standard InChI is InChI=1S/C10H13NO/c1-2-11-10-6-4-3-5-9(10)7-8-12/h3-6,8,11H,2,7H2,1H3. The lowest BCUT2D eigenvalue weighted by Gasteiger charge is -2.07. The summed E-state index contributed by atoms with van der Waals surface area (Å²) in [6, 6.07) is 7.86. The van der Waals surface area contributed by atoms with Gasteiger partial charge in [-0.25, -0.2) is 0 Å². The SMILES string of the molecule is CCNc1ccccc1CC=O. The van der Waals surface area contributed by atoms with Gasteiger partial charge in [-0.2, -0.15) is 0 Å². The van der Waals surface area contributed by atoms with Gasteiger partial charge in [0.15, 0.2) is 0 Å². The average molecular weight is 163 g/mol. The number of para-hydroxylation sites is 1. The van der Waals surface area contributed by atoms with Crippen molar-refractivity contribution in [2.45, 2.75) is 13.3 Å². The van der Waals surface area contributed by atoms with Gasteiger partial charge in [0, 0.05) is 18.7 Å². The van der Waals surface area contributed by atoms with Crippen LogP contribution in [0.25, 0.3) is 0 Å². The highest BCUT2D eigenvalue weighted by Crippen LogP contribution is 2.13. The third kappa shape index (κ3) is 2.09. The number of anilines is 1. The Labute approximate surface area is 72.6 Å². The van der Waals surface area contributed by atoms with E-state index in [1.54, 1.807) is 0 Å². The van der Waals surface area contributed by atoms with Crippen LogP contribution in [0.3, 0.4) is 0 Å². The van der Waals surface area contributed by atoms with Crippen LogP contribution in [-0.4, -0.2) is 12.8 Å². The first-order chi connectivity index (χ1) is 5.88. The van der Waals surface area contributed by atoms with Crippen molar-refractivity contribution in [3.63, 3.8) is 0 Å². The van der Waals surface area contributed by atoms with Crippen molar-refractivity contribution in [1.29, 1.82) is 0 Å². The molecule has 12 heavy (non-hydrogen) atoms. The highest BCUT2D eigenvalue weighted by atomic mass is 16.1. The van der Waals surface area contributed by atoms with Crippen molar-refractivity contribution in [1.82, 2.24) is 0 Å². The summed E-state index contributed by atoms with van der Waals surface area (Å²) in [5.74, 6) is 0. The summed E-state index contributed by atoms with van der Waals surface area (Å²) in [6.45, 7) is 2.92. The van der Waals surface area contributed by atoms with Crippen molar-refractivity contribution in [3.05, 3.63) is 29.8 Å². The zero-order chi connectivity index (χ0) is 8.81. The van der Waals surface area contributed by atoms with Gasteiger partial charge in [0.1, 0.15) is 6.29 Å². The minimum Gasteiger partial charge on any atom is -0.385 e. The molecule has 0 aliphatic carbocycles. The predicted molar refractivity (Wildman–Crippen MR) is 50.4 cm³/mol. The van der Waals surface area contributed by atoms with Crippen LogP contribution in [-0.2, 0) is 11.2 Å². The smallest absolute Gasteiger partial charge is 0.124 e. The minimum atomic E-state index is 0.489. The Morgan fingerprint density at radius 2 is 2.17 bits per heavy atom. The molecule has 0 atom stereocenters. The van der Waals surface area contributed by atoms with Gasteiger partial charge in [0.25, 0.3) is 0 Å². The molecule has 0 aliphatic rings. The molecule has 0 spiro atoms. The van der Waals surface area contributed by atoms with Crippen LogP contribution < -0.4 is 5.32 Å². The molecule has 1 N–H and O–H groups in total. The summed E-state index contributed by atoms with van der Waals surface area (Å²) in [6.07, 6.45) is 1.42. The number of carbonyl (C=O) groups is 1. The third-order valence-corrected chi connectivity index (χ3v) is 1.69. The fourth-order valence-corrected chi connectivity index (χ4v) is 1.15. The minimum absolute atomic E-state index is 0.489. The van der Waals surface area contributed by atoms with E-state index in [4.69, 9.17) is 0 Å². The lowest BCUT2D eigenvalue weighted by atomic mass is 10.1. The first-order valence-electron chi connectivity index (χ1n) is 4.14. The molecule has 1 rings (SSSR count). The molecule has 1 aromatic carbocycles. The van der Waals surface area contributed by atoms with Crippen molar-refractivity contribution in [2.75, 3.05) is 11.9 Å². The zero-order valence-electron chi connectivity index (χ0n) is 7.21. The number of rotatable bonds is 4. The fraction of sp³-hybridized carbons (Fsp3) is 0.300. The Bertz CT molecular complexity index is 258. The summed E-state index contributed by atoms with van der Waals surface area (Å²) >= 11 is 0. The third-order valence-electron chi connectivity index (χ3n) is 1.69. The van der Waals surface area contributed by atoms with E-state index in [1.165, 1.54) is 0 Å². The van der Waals surface area contributed by atoms with Crippen LogP contribution in [0.1, 0.15) is 12.5 Å². The molecule has 0 radical (unpaired) electrons. The highest BCUT2D eigenvalue weighted by molar-refractivity contribution is 5.62. The van der Waals surface area contributed by atoms with Crippen molar-refractivity contribution >= 4 is 12.0 Å². The van der Waals surface area contributed by atoms with E-state index in [0.29, 0.717) is 6.42 Å². The molecule has 0 aliphatic heterocycles. The second-order valence-electron chi connectivity index (χ2n) is 2.56. The molecule has 2 heteroatoms. The van der Waals surface area contributed by atoms with Crippen LogP contribution in [0, 0.1) is 0 Å². The molecular weight excluding hydrogens is 150 g/mol. The second-order valence-corrected chi connectivity index (χ2v) is 2.56. The molecular formula is C10H13NO. The number of aldehydes is 1. The number of hydrogen-bond acceptors (Lipinski definition) is 2. The Morgan fingerprint density at radius 1 is 1.42 bits per heavy atom. The van der Waals surface area contributed by atoms with Crippen LogP contribution in [0.15, 0.2) is 24.3 Å². The van der Waals surface area contributed by atoms with Gasteiger partial charge in [-0.3, -0.25) is 0 Å². The molecule has 0 amide bonds. The first-order valence-corrected chi connectivity index (χ1v) is 4.14. The Hall–Kier alpha value is -1.31. The van der Waals surface area contributed by atoms with E-state index in [0.717, 1.165) is 24.1 Å². The van der Waals surface area contributed by atoms with Gasteiger partial charge in [-0.05, 0) is 18.6 Å². The van der Waals surface area contributed by atoms with Gasteiger partial charge in [0.05, 0.1) is 0 Å². The summed E-state index contributed by atoms with van der Waals surface area (Å²) < 4.78 is 0. The largest absolute Gasteiger partial charge is 0.385 e. The number of carbonyl (C=O) groups excluding carboxylic acids is 1. The maximum atomic E-state index is 10.3. The molecule has 0 saturated heterocycles. The monoisotopic (exact) mass is 163 g/mol. The molecule has 0 unspecified atom stereocenters. The predicted octanol–water partition coefficient (Wildman–Crippen LogP) is 1.86. The summed E-state index contributed by atoms with van der Waals surface area (Å²) in [4.78, 5) is 10.3. The normalized spacial score (nSPS) is 9.42. The number of nitrogens with one attached hydrogen (secondary N) is 1.